The van der Waals surface area contributed by atoms with Gasteiger partial charge >= 0.3 is 0 Å². The molecule has 7 nitrogen and oxygen atoms in total. The number of nitrogens with zero attached hydrogens (tertiary/aromatic N) is 4. The Morgan fingerprint density at radius 2 is 2.15 bits per heavy atom. The molecule has 1 fully saturated rings. The topological polar surface area (TPSA) is 83.3 Å². The Kier molecular flexibility index (Phi) is 6.00. The summed E-state index contributed by atoms with van der Waals surface area (Å²) in [5.41, 5.74) is 2.33. The fourth-order valence-electron chi connectivity index (χ4n) is 3.54. The summed E-state index contributed by atoms with van der Waals surface area (Å²) in [6.07, 6.45) is 2.05. The minimum atomic E-state index is -0.110. The summed E-state index contributed by atoms with van der Waals surface area (Å²) in [6, 6.07) is 8.09. The Hall–Kier alpha value is -2.25. The van der Waals surface area contributed by atoms with E-state index >= 15 is 0 Å². The Balaban J connectivity index is 1.54. The molecule has 1 aromatic carbocycles. The summed E-state index contributed by atoms with van der Waals surface area (Å²) in [6.45, 7) is 4.60. The molecule has 1 aromatic heterocycles. The van der Waals surface area contributed by atoms with Gasteiger partial charge in [-0.2, -0.15) is 0 Å². The van der Waals surface area contributed by atoms with E-state index in [4.69, 9.17) is 0 Å². The summed E-state index contributed by atoms with van der Waals surface area (Å²) >= 11 is 0. The number of likely N-dealkylation sites (tertiary alicyclic amines) is 1. The van der Waals surface area contributed by atoms with Crippen LogP contribution < -0.4 is 5.32 Å². The number of aliphatic hydroxyl groups excluding tert-OH is 1. The highest BCUT2D eigenvalue weighted by molar-refractivity contribution is 5.78. The Bertz CT molecular complexity index is 758. The molecule has 0 aliphatic carbocycles. The van der Waals surface area contributed by atoms with Crippen LogP contribution in [0.5, 0.6) is 0 Å². The van der Waals surface area contributed by atoms with Crippen LogP contribution in [0.15, 0.2) is 24.3 Å². The highest BCUT2D eigenvalue weighted by Crippen LogP contribution is 2.25. The van der Waals surface area contributed by atoms with Gasteiger partial charge in [0.05, 0.1) is 6.54 Å². The van der Waals surface area contributed by atoms with Crippen molar-refractivity contribution in [1.29, 1.82) is 0 Å². The number of rotatable bonds is 6. The molecule has 1 aliphatic rings. The van der Waals surface area contributed by atoms with Gasteiger partial charge in [-0.1, -0.05) is 24.3 Å². The number of benzene rings is 1. The lowest BCUT2D eigenvalue weighted by atomic mass is 9.97. The van der Waals surface area contributed by atoms with E-state index in [0.29, 0.717) is 18.9 Å². The number of carbonyl (C=O) groups excluding carboxylic acids is 1. The number of hydrogen-bond acceptors (Lipinski definition) is 5. The zero-order chi connectivity index (χ0) is 18.5. The molecule has 0 saturated carbocycles. The molecule has 0 radical (unpaired) electrons. The first-order valence-electron chi connectivity index (χ1n) is 9.11. The van der Waals surface area contributed by atoms with E-state index in [1.165, 1.54) is 5.56 Å². The van der Waals surface area contributed by atoms with E-state index in [2.05, 4.69) is 33.4 Å². The maximum Gasteiger partial charge on any atom is 0.234 e. The van der Waals surface area contributed by atoms with E-state index in [9.17, 15) is 9.90 Å². The molecule has 26 heavy (non-hydrogen) atoms. The molecular formula is C19H27N5O2. The van der Waals surface area contributed by atoms with Crippen LogP contribution in [-0.2, 0) is 25.0 Å². The average Bonchev–Trinajstić information content (AvgIpc) is 3.02. The lowest BCUT2D eigenvalue weighted by molar-refractivity contribution is -0.122. The van der Waals surface area contributed by atoms with Crippen molar-refractivity contribution in [2.45, 2.75) is 38.8 Å². The second kappa shape index (κ2) is 8.42. The molecule has 2 aromatic rings. The number of aromatic nitrogens is 3. The predicted octanol–water partition coefficient (Wildman–Crippen LogP) is 1.11. The number of nitrogens with one attached hydrogen (secondary N) is 1. The van der Waals surface area contributed by atoms with Crippen LogP contribution in [0.4, 0.5) is 0 Å². The van der Waals surface area contributed by atoms with Crippen LogP contribution in [0, 0.1) is 6.92 Å². The van der Waals surface area contributed by atoms with Crippen LogP contribution in [0.25, 0.3) is 0 Å². The van der Waals surface area contributed by atoms with Gasteiger partial charge in [0.15, 0.2) is 5.82 Å². The Morgan fingerprint density at radius 3 is 2.88 bits per heavy atom. The Morgan fingerprint density at radius 1 is 1.35 bits per heavy atom. The van der Waals surface area contributed by atoms with Gasteiger partial charge in [-0.15, -0.1) is 10.2 Å². The SMILES string of the molecule is Cc1ccccc1CNC(=O)CN1CCCC(c2nnc(CO)n2C)C1. The first-order valence-corrected chi connectivity index (χ1v) is 9.11. The fraction of sp³-hybridized carbons (Fsp3) is 0.526. The van der Waals surface area contributed by atoms with Gasteiger partial charge in [0.1, 0.15) is 12.4 Å². The molecule has 1 unspecified atom stereocenters. The third kappa shape index (κ3) is 4.28. The smallest absolute Gasteiger partial charge is 0.234 e. The van der Waals surface area contributed by atoms with Crippen LogP contribution in [0.1, 0.15) is 41.5 Å². The van der Waals surface area contributed by atoms with Gasteiger partial charge < -0.3 is 15.0 Å². The molecule has 2 N–H and O–H groups in total. The van der Waals surface area contributed by atoms with Crippen molar-refractivity contribution in [2.24, 2.45) is 7.05 Å². The minimum Gasteiger partial charge on any atom is -0.388 e. The predicted molar refractivity (Wildman–Crippen MR) is 98.4 cm³/mol. The highest BCUT2D eigenvalue weighted by Gasteiger charge is 2.26. The monoisotopic (exact) mass is 357 g/mol. The largest absolute Gasteiger partial charge is 0.388 e. The third-order valence-electron chi connectivity index (χ3n) is 5.12. The summed E-state index contributed by atoms with van der Waals surface area (Å²) in [7, 11) is 1.88. The molecule has 2 heterocycles. The van der Waals surface area contributed by atoms with Gasteiger partial charge in [-0.05, 0) is 37.4 Å². The van der Waals surface area contributed by atoms with Crippen molar-refractivity contribution in [2.75, 3.05) is 19.6 Å². The first-order chi connectivity index (χ1) is 12.6. The lowest BCUT2D eigenvalue weighted by Gasteiger charge is -2.31. The number of aliphatic hydroxyl groups is 1. The van der Waals surface area contributed by atoms with E-state index in [1.54, 1.807) is 0 Å². The zero-order valence-corrected chi connectivity index (χ0v) is 15.5. The maximum atomic E-state index is 12.3. The number of hydrogen-bond donors (Lipinski definition) is 2. The van der Waals surface area contributed by atoms with E-state index in [-0.39, 0.29) is 18.4 Å². The van der Waals surface area contributed by atoms with Crippen LogP contribution in [-0.4, -0.2) is 50.3 Å². The van der Waals surface area contributed by atoms with Gasteiger partial charge in [0.2, 0.25) is 5.91 Å². The van der Waals surface area contributed by atoms with Crippen LogP contribution in [0.3, 0.4) is 0 Å². The number of amides is 1. The van der Waals surface area contributed by atoms with Gasteiger partial charge in [-0.3, -0.25) is 9.69 Å². The van der Waals surface area contributed by atoms with Crippen molar-refractivity contribution < 1.29 is 9.90 Å². The fourth-order valence-corrected chi connectivity index (χ4v) is 3.54. The molecule has 3 rings (SSSR count). The standard InChI is InChI=1S/C19H27N5O2/c1-14-6-3-4-7-15(14)10-20-18(26)12-24-9-5-8-16(11-24)19-22-21-17(13-25)23(19)2/h3-4,6-7,16,25H,5,8-13H2,1-2H3,(H,20,26). The number of piperidine rings is 1. The molecule has 1 atom stereocenters. The molecule has 140 valence electrons. The van der Waals surface area contributed by atoms with Crippen molar-refractivity contribution >= 4 is 5.91 Å². The van der Waals surface area contributed by atoms with Crippen molar-refractivity contribution in [3.8, 4) is 0 Å². The number of carbonyl (C=O) groups is 1. The molecule has 1 saturated heterocycles. The summed E-state index contributed by atoms with van der Waals surface area (Å²) in [5, 5.41) is 20.6. The summed E-state index contributed by atoms with van der Waals surface area (Å²) < 4.78 is 1.87. The van der Waals surface area contributed by atoms with Crippen molar-refractivity contribution in [3.05, 3.63) is 47.0 Å². The average molecular weight is 357 g/mol. The molecule has 0 spiro atoms. The summed E-state index contributed by atoms with van der Waals surface area (Å²) in [5.74, 6) is 1.75. The number of aryl methyl sites for hydroxylation is 1. The molecule has 1 aliphatic heterocycles. The van der Waals surface area contributed by atoms with Crippen molar-refractivity contribution in [1.82, 2.24) is 25.0 Å². The Labute approximate surface area is 154 Å². The van der Waals surface area contributed by atoms with Gasteiger partial charge in [-0.25, -0.2) is 0 Å². The van der Waals surface area contributed by atoms with Crippen LogP contribution >= 0.6 is 0 Å². The third-order valence-corrected chi connectivity index (χ3v) is 5.12. The quantitative estimate of drug-likeness (QED) is 0.809. The van der Waals surface area contributed by atoms with Gasteiger partial charge in [0, 0.05) is 26.1 Å². The van der Waals surface area contributed by atoms with E-state index in [0.717, 1.165) is 37.3 Å². The highest BCUT2D eigenvalue weighted by atomic mass is 16.3. The molecule has 1 amide bonds. The summed E-state index contributed by atoms with van der Waals surface area (Å²) in [4.78, 5) is 14.5. The van der Waals surface area contributed by atoms with E-state index < -0.39 is 0 Å². The molecule has 0 bridgehead atoms. The normalized spacial score (nSPS) is 18.0. The zero-order valence-electron chi connectivity index (χ0n) is 15.5. The van der Waals surface area contributed by atoms with E-state index in [1.807, 2.05) is 29.8 Å². The van der Waals surface area contributed by atoms with Crippen molar-refractivity contribution in [3.63, 3.8) is 0 Å². The first kappa shape index (κ1) is 18.5. The molecule has 7 heteroatoms. The minimum absolute atomic E-state index is 0.0444. The molecular weight excluding hydrogens is 330 g/mol. The second-order valence-corrected chi connectivity index (χ2v) is 6.97. The maximum absolute atomic E-state index is 12.3. The second-order valence-electron chi connectivity index (χ2n) is 6.97. The lowest BCUT2D eigenvalue weighted by Crippen LogP contribution is -2.42. The van der Waals surface area contributed by atoms with Gasteiger partial charge in [0.25, 0.3) is 0 Å². The van der Waals surface area contributed by atoms with Crippen LogP contribution in [0.2, 0.25) is 0 Å².